The molecule has 1 aliphatic heterocycles. The first-order chi connectivity index (χ1) is 12.2. The van der Waals surface area contributed by atoms with Crippen LogP contribution in [0, 0.1) is 6.92 Å². The predicted molar refractivity (Wildman–Crippen MR) is 119 cm³/mol. The van der Waals surface area contributed by atoms with Gasteiger partial charge in [-0.3, -0.25) is 0 Å². The number of aryl methyl sites for hydroxylation is 1. The molecule has 142 valence electrons. The van der Waals surface area contributed by atoms with Crippen LogP contribution in [0.2, 0.25) is 0 Å². The standard InChI is InChI=1S/C18H25N5OS.HI/c1-3-19-18(20-12-17-14(2)21-13-25-17)23-10-8-22(9-11-23)15-6-4-5-7-16(15)24;/h4-7,13,24H,3,8-12H2,1-2H3,(H,19,20);1H. The van der Waals surface area contributed by atoms with Crippen LogP contribution in [0.3, 0.4) is 0 Å². The van der Waals surface area contributed by atoms with Gasteiger partial charge < -0.3 is 20.2 Å². The van der Waals surface area contributed by atoms with E-state index in [1.807, 2.05) is 30.6 Å². The highest BCUT2D eigenvalue weighted by atomic mass is 127. The summed E-state index contributed by atoms with van der Waals surface area (Å²) < 4.78 is 0. The Hall–Kier alpha value is -1.55. The summed E-state index contributed by atoms with van der Waals surface area (Å²) in [6, 6.07) is 7.53. The SMILES string of the molecule is CCNC(=NCc1scnc1C)N1CCN(c2ccccc2O)CC1.I. The normalized spacial score (nSPS) is 14.9. The first-order valence-corrected chi connectivity index (χ1v) is 9.52. The zero-order valence-electron chi connectivity index (χ0n) is 15.2. The third kappa shape index (κ3) is 5.00. The minimum absolute atomic E-state index is 0. The number of hydrogen-bond donors (Lipinski definition) is 2. The van der Waals surface area contributed by atoms with E-state index in [1.54, 1.807) is 17.4 Å². The van der Waals surface area contributed by atoms with Gasteiger partial charge in [-0.1, -0.05) is 12.1 Å². The summed E-state index contributed by atoms with van der Waals surface area (Å²) in [5.74, 6) is 1.30. The first kappa shape index (κ1) is 20.8. The third-order valence-electron chi connectivity index (χ3n) is 4.35. The minimum Gasteiger partial charge on any atom is -0.506 e. The van der Waals surface area contributed by atoms with Crippen molar-refractivity contribution in [1.82, 2.24) is 15.2 Å². The number of phenols is 1. The van der Waals surface area contributed by atoms with Gasteiger partial charge in [0.25, 0.3) is 0 Å². The molecule has 2 N–H and O–H groups in total. The number of hydrogen-bond acceptors (Lipinski definition) is 5. The monoisotopic (exact) mass is 487 g/mol. The number of para-hydroxylation sites is 2. The zero-order chi connectivity index (χ0) is 17.6. The van der Waals surface area contributed by atoms with Crippen LogP contribution >= 0.6 is 35.3 Å². The molecule has 1 aromatic heterocycles. The van der Waals surface area contributed by atoms with E-state index in [2.05, 4.69) is 27.0 Å². The molecule has 0 unspecified atom stereocenters. The fraction of sp³-hybridized carbons (Fsp3) is 0.444. The Morgan fingerprint density at radius 1 is 1.27 bits per heavy atom. The van der Waals surface area contributed by atoms with Crippen molar-refractivity contribution in [1.29, 1.82) is 0 Å². The van der Waals surface area contributed by atoms with Gasteiger partial charge in [0.05, 0.1) is 23.4 Å². The number of rotatable bonds is 4. The number of guanidine groups is 1. The van der Waals surface area contributed by atoms with Crippen LogP contribution in [0.15, 0.2) is 34.8 Å². The Morgan fingerprint density at radius 3 is 2.62 bits per heavy atom. The molecule has 0 atom stereocenters. The Balaban J connectivity index is 0.00000243. The predicted octanol–water partition coefficient (Wildman–Crippen LogP) is 3.06. The quantitative estimate of drug-likeness (QED) is 0.395. The van der Waals surface area contributed by atoms with Crippen LogP contribution in [0.25, 0.3) is 0 Å². The van der Waals surface area contributed by atoms with Gasteiger partial charge in [0.1, 0.15) is 5.75 Å². The molecule has 1 fully saturated rings. The molecular formula is C18H26IN5OS. The van der Waals surface area contributed by atoms with Gasteiger partial charge in [0.2, 0.25) is 0 Å². The highest BCUT2D eigenvalue weighted by Crippen LogP contribution is 2.27. The number of thiazole rings is 1. The molecule has 0 spiro atoms. The van der Waals surface area contributed by atoms with Crippen molar-refractivity contribution in [2.75, 3.05) is 37.6 Å². The van der Waals surface area contributed by atoms with E-state index in [0.717, 1.165) is 50.1 Å². The molecule has 1 saturated heterocycles. The van der Waals surface area contributed by atoms with Crippen molar-refractivity contribution in [3.8, 4) is 5.75 Å². The number of phenolic OH excluding ortho intramolecular Hbond substituents is 1. The fourth-order valence-electron chi connectivity index (χ4n) is 2.94. The van der Waals surface area contributed by atoms with Crippen LogP contribution in [-0.2, 0) is 6.54 Å². The lowest BCUT2D eigenvalue weighted by Crippen LogP contribution is -2.52. The smallest absolute Gasteiger partial charge is 0.194 e. The van der Waals surface area contributed by atoms with Crippen molar-refractivity contribution in [3.05, 3.63) is 40.3 Å². The second-order valence-electron chi connectivity index (χ2n) is 5.99. The molecule has 0 amide bonds. The Labute approximate surface area is 176 Å². The number of aromatic nitrogens is 1. The van der Waals surface area contributed by atoms with E-state index in [-0.39, 0.29) is 24.0 Å². The van der Waals surface area contributed by atoms with Crippen LogP contribution in [0.1, 0.15) is 17.5 Å². The lowest BCUT2D eigenvalue weighted by Gasteiger charge is -2.37. The molecule has 8 heteroatoms. The second-order valence-corrected chi connectivity index (χ2v) is 6.93. The minimum atomic E-state index is 0. The van der Waals surface area contributed by atoms with Gasteiger partial charge in [-0.15, -0.1) is 35.3 Å². The fourth-order valence-corrected chi connectivity index (χ4v) is 3.64. The highest BCUT2D eigenvalue weighted by molar-refractivity contribution is 14.0. The van der Waals surface area contributed by atoms with Gasteiger partial charge in [0, 0.05) is 37.6 Å². The molecule has 3 rings (SSSR count). The van der Waals surface area contributed by atoms with Crippen LogP contribution in [0.4, 0.5) is 5.69 Å². The summed E-state index contributed by atoms with van der Waals surface area (Å²) in [6.07, 6.45) is 0. The number of aromatic hydroxyl groups is 1. The second kappa shape index (κ2) is 9.96. The first-order valence-electron chi connectivity index (χ1n) is 8.64. The molecule has 0 aliphatic carbocycles. The van der Waals surface area contributed by atoms with E-state index < -0.39 is 0 Å². The summed E-state index contributed by atoms with van der Waals surface area (Å²) in [4.78, 5) is 14.8. The maximum atomic E-state index is 10.0. The number of aliphatic imine (C=N–C) groups is 1. The Kier molecular flexibility index (Phi) is 7.95. The summed E-state index contributed by atoms with van der Waals surface area (Å²) in [5.41, 5.74) is 3.84. The van der Waals surface area contributed by atoms with Gasteiger partial charge >= 0.3 is 0 Å². The van der Waals surface area contributed by atoms with E-state index in [4.69, 9.17) is 4.99 Å². The number of nitrogens with zero attached hydrogens (tertiary/aromatic N) is 4. The highest BCUT2D eigenvalue weighted by Gasteiger charge is 2.21. The molecule has 1 aromatic carbocycles. The van der Waals surface area contributed by atoms with Gasteiger partial charge in [-0.25, -0.2) is 9.98 Å². The Bertz CT molecular complexity index is 728. The van der Waals surface area contributed by atoms with Crippen molar-refractivity contribution in [2.24, 2.45) is 4.99 Å². The number of benzene rings is 1. The number of halogens is 1. The summed E-state index contributed by atoms with van der Waals surface area (Å²) >= 11 is 1.66. The molecule has 0 bridgehead atoms. The molecule has 0 saturated carbocycles. The van der Waals surface area contributed by atoms with Crippen LogP contribution in [0.5, 0.6) is 5.75 Å². The lowest BCUT2D eigenvalue weighted by molar-refractivity contribution is 0.370. The average molecular weight is 487 g/mol. The van der Waals surface area contributed by atoms with E-state index in [0.29, 0.717) is 12.3 Å². The topological polar surface area (TPSA) is 64.0 Å². The van der Waals surface area contributed by atoms with Crippen molar-refractivity contribution in [3.63, 3.8) is 0 Å². The molecular weight excluding hydrogens is 461 g/mol. The summed E-state index contributed by atoms with van der Waals surface area (Å²) in [6.45, 7) is 9.11. The largest absolute Gasteiger partial charge is 0.506 e. The van der Waals surface area contributed by atoms with Crippen molar-refractivity contribution >= 4 is 47.0 Å². The van der Waals surface area contributed by atoms with E-state index in [9.17, 15) is 5.11 Å². The zero-order valence-corrected chi connectivity index (χ0v) is 18.3. The average Bonchev–Trinajstić information content (AvgIpc) is 3.04. The molecule has 0 radical (unpaired) electrons. The summed E-state index contributed by atoms with van der Waals surface area (Å²) in [7, 11) is 0. The molecule has 6 nitrogen and oxygen atoms in total. The van der Waals surface area contributed by atoms with Gasteiger partial charge in [-0.05, 0) is 26.0 Å². The number of anilines is 1. The molecule has 2 aromatic rings. The van der Waals surface area contributed by atoms with E-state index >= 15 is 0 Å². The molecule has 2 heterocycles. The lowest BCUT2D eigenvalue weighted by atomic mass is 10.2. The molecule has 26 heavy (non-hydrogen) atoms. The number of nitrogens with one attached hydrogen (secondary N) is 1. The maximum absolute atomic E-state index is 10.0. The van der Waals surface area contributed by atoms with E-state index in [1.165, 1.54) is 4.88 Å². The summed E-state index contributed by atoms with van der Waals surface area (Å²) in [5, 5.41) is 13.4. The van der Waals surface area contributed by atoms with Crippen molar-refractivity contribution in [2.45, 2.75) is 20.4 Å². The van der Waals surface area contributed by atoms with Crippen molar-refractivity contribution < 1.29 is 5.11 Å². The number of piperazine rings is 1. The van der Waals surface area contributed by atoms with Crippen LogP contribution < -0.4 is 10.2 Å². The van der Waals surface area contributed by atoms with Gasteiger partial charge in [-0.2, -0.15) is 0 Å². The molecule has 1 aliphatic rings. The maximum Gasteiger partial charge on any atom is 0.194 e. The van der Waals surface area contributed by atoms with Crippen LogP contribution in [-0.4, -0.2) is 53.7 Å². The third-order valence-corrected chi connectivity index (χ3v) is 5.27. The van der Waals surface area contributed by atoms with Gasteiger partial charge in [0.15, 0.2) is 5.96 Å². The Morgan fingerprint density at radius 2 is 2.00 bits per heavy atom.